The molecular weight excluding hydrogens is 280 g/mol. The Balaban J connectivity index is 1.63. The number of thiophene rings is 1. The maximum absolute atomic E-state index is 13.1. The van der Waals surface area contributed by atoms with Crippen LogP contribution in [0.15, 0.2) is 16.8 Å². The Morgan fingerprint density at radius 3 is 2.90 bits per heavy atom. The van der Waals surface area contributed by atoms with E-state index in [-0.39, 0.29) is 11.7 Å². The minimum absolute atomic E-state index is 0.119. The lowest BCUT2D eigenvalue weighted by Crippen LogP contribution is -2.44. The number of hydrogen-bond acceptors (Lipinski definition) is 3. The van der Waals surface area contributed by atoms with Crippen molar-refractivity contribution in [1.82, 2.24) is 10.2 Å². The Hall–Kier alpha value is -0.870. The van der Waals surface area contributed by atoms with Crippen LogP contribution in [0.5, 0.6) is 0 Å². The highest BCUT2D eigenvalue weighted by atomic mass is 32.1. The largest absolute Gasteiger partial charge is 0.318 e. The summed E-state index contributed by atoms with van der Waals surface area (Å²) >= 11 is 1.73. The first-order valence-corrected chi connectivity index (χ1v) is 9.32. The van der Waals surface area contributed by atoms with Gasteiger partial charge in [0.25, 0.3) is 0 Å². The molecule has 1 aromatic rings. The molecule has 2 aliphatic carbocycles. The van der Waals surface area contributed by atoms with Crippen LogP contribution in [-0.2, 0) is 4.79 Å². The first-order chi connectivity index (χ1) is 10.2. The molecule has 0 bridgehead atoms. The van der Waals surface area contributed by atoms with Gasteiger partial charge in [-0.3, -0.25) is 10.1 Å². The van der Waals surface area contributed by atoms with E-state index in [1.807, 2.05) is 0 Å². The summed E-state index contributed by atoms with van der Waals surface area (Å²) < 4.78 is 0. The third-order valence-corrected chi connectivity index (χ3v) is 6.25. The molecular formula is C17H24N2OS. The van der Waals surface area contributed by atoms with Gasteiger partial charge in [-0.05, 0) is 54.0 Å². The summed E-state index contributed by atoms with van der Waals surface area (Å²) in [5.41, 5.74) is 1.03. The summed E-state index contributed by atoms with van der Waals surface area (Å²) in [5, 5.41) is 8.05. The van der Waals surface area contributed by atoms with Crippen molar-refractivity contribution in [1.29, 1.82) is 0 Å². The molecule has 21 heavy (non-hydrogen) atoms. The van der Waals surface area contributed by atoms with Crippen LogP contribution < -0.4 is 5.32 Å². The monoisotopic (exact) mass is 304 g/mol. The van der Waals surface area contributed by atoms with E-state index in [1.165, 1.54) is 37.7 Å². The molecule has 3 atom stereocenters. The quantitative estimate of drug-likeness (QED) is 0.920. The molecule has 1 aromatic heterocycles. The highest BCUT2D eigenvalue weighted by molar-refractivity contribution is 7.08. The second-order valence-electron chi connectivity index (χ2n) is 6.96. The third-order valence-electron chi connectivity index (χ3n) is 5.55. The zero-order valence-electron chi connectivity index (χ0n) is 12.7. The molecule has 3 unspecified atom stereocenters. The van der Waals surface area contributed by atoms with Crippen molar-refractivity contribution in [2.75, 3.05) is 0 Å². The summed E-state index contributed by atoms with van der Waals surface area (Å²) in [6, 6.07) is 2.66. The fraction of sp³-hybridized carbons (Fsp3) is 0.706. The van der Waals surface area contributed by atoms with Gasteiger partial charge in [-0.2, -0.15) is 11.3 Å². The molecule has 1 N–H and O–H groups in total. The number of carbonyl (C=O) groups is 1. The molecule has 3 fully saturated rings. The van der Waals surface area contributed by atoms with E-state index in [9.17, 15) is 4.79 Å². The maximum Gasteiger partial charge on any atom is 0.244 e. The van der Waals surface area contributed by atoms with Crippen molar-refractivity contribution in [3.05, 3.63) is 22.4 Å². The molecule has 3 nitrogen and oxygen atoms in total. The van der Waals surface area contributed by atoms with Gasteiger partial charge in [-0.1, -0.05) is 26.2 Å². The van der Waals surface area contributed by atoms with Gasteiger partial charge in [0.15, 0.2) is 0 Å². The van der Waals surface area contributed by atoms with Crippen LogP contribution in [0.4, 0.5) is 0 Å². The Kier molecular flexibility index (Phi) is 3.34. The van der Waals surface area contributed by atoms with Crippen LogP contribution in [0.2, 0.25) is 0 Å². The average molecular weight is 304 g/mol. The van der Waals surface area contributed by atoms with Gasteiger partial charge < -0.3 is 4.90 Å². The molecule has 2 saturated carbocycles. The van der Waals surface area contributed by atoms with Gasteiger partial charge in [0, 0.05) is 6.04 Å². The molecule has 1 saturated heterocycles. The van der Waals surface area contributed by atoms with Gasteiger partial charge >= 0.3 is 0 Å². The predicted molar refractivity (Wildman–Crippen MR) is 85.0 cm³/mol. The summed E-state index contributed by atoms with van der Waals surface area (Å²) in [5.74, 6) is 1.12. The molecule has 2 heterocycles. The van der Waals surface area contributed by atoms with Crippen molar-refractivity contribution in [3.8, 4) is 0 Å². The molecule has 3 aliphatic rings. The van der Waals surface area contributed by atoms with Gasteiger partial charge in [0.2, 0.25) is 5.91 Å². The zero-order chi connectivity index (χ0) is 14.4. The van der Waals surface area contributed by atoms with Crippen molar-refractivity contribution in [3.63, 3.8) is 0 Å². The number of nitrogens with zero attached hydrogens (tertiary/aromatic N) is 1. The molecule has 1 aliphatic heterocycles. The van der Waals surface area contributed by atoms with Gasteiger partial charge in [-0.25, -0.2) is 0 Å². The Bertz CT molecular complexity index is 521. The van der Waals surface area contributed by atoms with E-state index in [4.69, 9.17) is 0 Å². The summed E-state index contributed by atoms with van der Waals surface area (Å²) in [7, 11) is 0. The van der Waals surface area contributed by atoms with Gasteiger partial charge in [0.05, 0.1) is 5.54 Å². The first-order valence-electron chi connectivity index (χ1n) is 8.38. The van der Waals surface area contributed by atoms with Crippen LogP contribution >= 0.6 is 11.3 Å². The van der Waals surface area contributed by atoms with Crippen LogP contribution in [0.1, 0.15) is 63.6 Å². The molecule has 1 spiro atoms. The minimum atomic E-state index is -0.244. The number of hydrogen-bond donors (Lipinski definition) is 1. The van der Waals surface area contributed by atoms with Crippen molar-refractivity contribution in [2.24, 2.45) is 5.92 Å². The van der Waals surface area contributed by atoms with Crippen LogP contribution in [0.3, 0.4) is 0 Å². The van der Waals surface area contributed by atoms with Crippen LogP contribution in [0.25, 0.3) is 0 Å². The highest BCUT2D eigenvalue weighted by Crippen LogP contribution is 2.49. The van der Waals surface area contributed by atoms with Crippen molar-refractivity contribution in [2.45, 2.75) is 69.6 Å². The fourth-order valence-corrected chi connectivity index (χ4v) is 5.04. The molecule has 4 heteroatoms. The number of rotatable bonds is 4. The zero-order valence-corrected chi connectivity index (χ0v) is 13.5. The summed E-state index contributed by atoms with van der Waals surface area (Å²) in [4.78, 5) is 15.3. The Morgan fingerprint density at radius 2 is 2.24 bits per heavy atom. The first kappa shape index (κ1) is 13.8. The lowest BCUT2D eigenvalue weighted by molar-refractivity contribution is -0.134. The predicted octanol–water partition coefficient (Wildman–Crippen LogP) is 3.68. The normalized spacial score (nSPS) is 34.0. The number of carbonyl (C=O) groups excluding carboxylic acids is 1. The molecule has 114 valence electrons. The molecule has 0 aromatic carbocycles. The Labute approximate surface area is 130 Å². The third kappa shape index (κ3) is 2.15. The van der Waals surface area contributed by atoms with E-state index >= 15 is 0 Å². The molecule has 1 amide bonds. The highest BCUT2D eigenvalue weighted by Gasteiger charge is 2.58. The SMILES string of the molecule is CCCC1CC1N1C(=O)C2(CCCC2)NC1c1ccsc1. The minimum Gasteiger partial charge on any atom is -0.318 e. The standard InChI is InChI=1S/C17H24N2OS/c1-2-5-12-10-14(12)19-15(13-6-9-21-11-13)18-17(16(19)20)7-3-4-8-17/h6,9,11-12,14-15,18H,2-5,7-8,10H2,1H3. The fourth-order valence-electron chi connectivity index (χ4n) is 4.36. The van der Waals surface area contributed by atoms with E-state index in [1.54, 1.807) is 11.3 Å². The number of nitrogens with one attached hydrogen (secondary N) is 1. The van der Waals surface area contributed by atoms with E-state index < -0.39 is 0 Å². The lowest BCUT2D eigenvalue weighted by atomic mass is 9.98. The topological polar surface area (TPSA) is 32.3 Å². The summed E-state index contributed by atoms with van der Waals surface area (Å²) in [6.07, 6.45) is 8.23. The van der Waals surface area contributed by atoms with E-state index in [0.717, 1.165) is 18.8 Å². The lowest BCUT2D eigenvalue weighted by Gasteiger charge is -2.24. The average Bonchev–Trinajstić information content (AvgIpc) is 2.94. The second-order valence-corrected chi connectivity index (χ2v) is 7.74. The van der Waals surface area contributed by atoms with Crippen LogP contribution in [-0.4, -0.2) is 22.4 Å². The Morgan fingerprint density at radius 1 is 1.43 bits per heavy atom. The molecule has 0 radical (unpaired) electrons. The van der Waals surface area contributed by atoms with Crippen molar-refractivity contribution >= 4 is 17.2 Å². The van der Waals surface area contributed by atoms with Gasteiger partial charge in [-0.15, -0.1) is 0 Å². The van der Waals surface area contributed by atoms with E-state index in [0.29, 0.717) is 11.9 Å². The maximum atomic E-state index is 13.1. The summed E-state index contributed by atoms with van der Waals surface area (Å²) in [6.45, 7) is 2.24. The molecule has 4 rings (SSSR count). The van der Waals surface area contributed by atoms with Gasteiger partial charge in [0.1, 0.15) is 6.17 Å². The number of amides is 1. The van der Waals surface area contributed by atoms with Crippen molar-refractivity contribution < 1.29 is 4.79 Å². The second kappa shape index (κ2) is 5.10. The van der Waals surface area contributed by atoms with E-state index in [2.05, 4.69) is 34.0 Å². The smallest absolute Gasteiger partial charge is 0.244 e. The van der Waals surface area contributed by atoms with Crippen LogP contribution in [0, 0.1) is 5.92 Å².